The minimum absolute atomic E-state index is 0.0326. The van der Waals surface area contributed by atoms with E-state index in [0.29, 0.717) is 48.7 Å². The minimum atomic E-state index is -2.97. The smallest absolute Gasteiger partial charge is 0.410 e. The van der Waals surface area contributed by atoms with Crippen molar-refractivity contribution in [3.63, 3.8) is 0 Å². The van der Waals surface area contributed by atoms with E-state index in [1.807, 2.05) is 32.9 Å². The highest BCUT2D eigenvalue weighted by atomic mass is 35.5. The van der Waals surface area contributed by atoms with E-state index in [0.717, 1.165) is 5.82 Å². The number of benzene rings is 1. The normalized spacial score (nSPS) is 14.4. The molecule has 1 amide bonds. The summed E-state index contributed by atoms with van der Waals surface area (Å²) >= 11 is 6.06. The van der Waals surface area contributed by atoms with Crippen molar-refractivity contribution in [2.24, 2.45) is 0 Å². The fourth-order valence-electron chi connectivity index (χ4n) is 3.55. The van der Waals surface area contributed by atoms with Gasteiger partial charge in [-0.1, -0.05) is 11.6 Å². The Kier molecular flexibility index (Phi) is 7.06. The predicted molar refractivity (Wildman–Crippen MR) is 129 cm³/mol. The van der Waals surface area contributed by atoms with Crippen LogP contribution < -0.4 is 15.0 Å². The van der Waals surface area contributed by atoms with Crippen molar-refractivity contribution in [2.45, 2.75) is 33.0 Å². The summed E-state index contributed by atoms with van der Waals surface area (Å²) in [4.78, 5) is 29.4. The van der Waals surface area contributed by atoms with E-state index in [1.54, 1.807) is 11.0 Å². The van der Waals surface area contributed by atoms with Crippen molar-refractivity contribution < 1.29 is 23.0 Å². The number of carbonyl (C=O) groups excluding carboxylic acids is 1. The van der Waals surface area contributed by atoms with Gasteiger partial charge in [0.05, 0.1) is 10.5 Å². The van der Waals surface area contributed by atoms with Gasteiger partial charge in [0.25, 0.3) is 0 Å². The Hall–Kier alpha value is -3.47. The van der Waals surface area contributed by atoms with Crippen LogP contribution in [0.2, 0.25) is 5.02 Å². The highest BCUT2D eigenvalue weighted by Gasteiger charge is 2.26. The molecule has 1 fully saturated rings. The summed E-state index contributed by atoms with van der Waals surface area (Å²) in [6.07, 6.45) is 1.08. The van der Waals surface area contributed by atoms with E-state index in [-0.39, 0.29) is 16.9 Å². The number of alkyl halides is 2. The van der Waals surface area contributed by atoms with Crippen molar-refractivity contribution in [1.29, 1.82) is 0 Å². The Morgan fingerprint density at radius 3 is 2.51 bits per heavy atom. The molecule has 0 aliphatic carbocycles. The van der Waals surface area contributed by atoms with Crippen LogP contribution in [0.25, 0.3) is 11.0 Å². The average molecular weight is 507 g/mol. The van der Waals surface area contributed by atoms with E-state index in [4.69, 9.17) is 21.3 Å². The highest BCUT2D eigenvalue weighted by molar-refractivity contribution is 6.32. The van der Waals surface area contributed by atoms with Crippen LogP contribution >= 0.6 is 11.6 Å². The SMILES string of the molecule is CC(C)(C)OC(=O)N1CCN(c2ccc3ncnc(Nc4ccc(OC(F)F)c(Cl)c4)c3n2)CC1. The molecule has 2 aromatic heterocycles. The third kappa shape index (κ3) is 6.16. The van der Waals surface area contributed by atoms with Gasteiger partial charge in [-0.3, -0.25) is 0 Å². The first-order valence-electron chi connectivity index (χ1n) is 10.9. The monoisotopic (exact) mass is 506 g/mol. The first kappa shape index (κ1) is 24.6. The van der Waals surface area contributed by atoms with Crippen molar-refractivity contribution in [2.75, 3.05) is 36.4 Å². The van der Waals surface area contributed by atoms with Gasteiger partial charge in [0, 0.05) is 31.9 Å². The number of piperazine rings is 1. The summed E-state index contributed by atoms with van der Waals surface area (Å²) in [5, 5.41) is 3.15. The molecule has 0 radical (unpaired) electrons. The lowest BCUT2D eigenvalue weighted by Gasteiger charge is -2.36. The molecule has 1 aliphatic heterocycles. The maximum Gasteiger partial charge on any atom is 0.410 e. The number of rotatable bonds is 5. The molecule has 3 aromatic rings. The molecular weight excluding hydrogens is 482 g/mol. The van der Waals surface area contributed by atoms with E-state index < -0.39 is 12.2 Å². The molecule has 9 nitrogen and oxygen atoms in total. The molecule has 1 aromatic carbocycles. The van der Waals surface area contributed by atoms with E-state index in [1.165, 1.54) is 18.5 Å². The lowest BCUT2D eigenvalue weighted by Crippen LogP contribution is -2.50. The molecule has 186 valence electrons. The van der Waals surface area contributed by atoms with Crippen LogP contribution in [0.5, 0.6) is 5.75 Å². The molecule has 4 rings (SSSR count). The largest absolute Gasteiger partial charge is 0.444 e. The van der Waals surface area contributed by atoms with Gasteiger partial charge >= 0.3 is 12.7 Å². The van der Waals surface area contributed by atoms with Crippen LogP contribution in [0, 0.1) is 0 Å². The standard InChI is InChI=1S/C23H25ClF2N6O3/c1-23(2,3)35-22(33)32-10-8-31(9-11-32)18-7-5-16-19(30-18)20(28-13-27-16)29-14-4-6-17(15(24)12-14)34-21(25)26/h4-7,12-13,21H,8-11H2,1-3H3,(H,27,28,29). The second kappa shape index (κ2) is 10.0. The average Bonchev–Trinajstić information content (AvgIpc) is 2.79. The number of anilines is 3. The minimum Gasteiger partial charge on any atom is -0.444 e. The first-order valence-corrected chi connectivity index (χ1v) is 11.3. The zero-order chi connectivity index (χ0) is 25.2. The summed E-state index contributed by atoms with van der Waals surface area (Å²) in [7, 11) is 0. The Labute approximate surface area is 206 Å². The summed E-state index contributed by atoms with van der Waals surface area (Å²) < 4.78 is 34.8. The number of amides is 1. The van der Waals surface area contributed by atoms with Crippen LogP contribution in [0.3, 0.4) is 0 Å². The van der Waals surface area contributed by atoms with Crippen LogP contribution in [-0.4, -0.2) is 64.3 Å². The second-order valence-corrected chi connectivity index (χ2v) is 9.27. The number of halogens is 3. The second-order valence-electron chi connectivity index (χ2n) is 8.86. The van der Waals surface area contributed by atoms with Crippen molar-refractivity contribution in [1.82, 2.24) is 19.9 Å². The van der Waals surface area contributed by atoms with Crippen LogP contribution in [0.15, 0.2) is 36.7 Å². The zero-order valence-electron chi connectivity index (χ0n) is 19.5. The van der Waals surface area contributed by atoms with Gasteiger partial charge in [0.1, 0.15) is 29.0 Å². The van der Waals surface area contributed by atoms with Crippen molar-refractivity contribution in [3.8, 4) is 5.75 Å². The number of fused-ring (bicyclic) bond motifs is 1. The number of carbonyl (C=O) groups is 1. The van der Waals surface area contributed by atoms with Gasteiger partial charge in [0.2, 0.25) is 0 Å². The van der Waals surface area contributed by atoms with E-state index >= 15 is 0 Å². The molecule has 0 saturated carbocycles. The van der Waals surface area contributed by atoms with Crippen LogP contribution in [-0.2, 0) is 4.74 Å². The number of hydrogen-bond acceptors (Lipinski definition) is 8. The topological polar surface area (TPSA) is 92.7 Å². The molecule has 12 heteroatoms. The molecule has 0 unspecified atom stereocenters. The lowest BCUT2D eigenvalue weighted by molar-refractivity contribution is -0.0497. The van der Waals surface area contributed by atoms with E-state index in [9.17, 15) is 13.6 Å². The first-order chi connectivity index (χ1) is 16.6. The van der Waals surface area contributed by atoms with E-state index in [2.05, 4.69) is 24.9 Å². The number of aromatic nitrogens is 3. The molecule has 0 spiro atoms. The molecule has 1 saturated heterocycles. The third-order valence-electron chi connectivity index (χ3n) is 5.13. The number of ether oxygens (including phenoxy) is 2. The van der Waals surface area contributed by atoms with Gasteiger partial charge in [-0.25, -0.2) is 19.7 Å². The van der Waals surface area contributed by atoms with Gasteiger partial charge in [-0.2, -0.15) is 8.78 Å². The Morgan fingerprint density at radius 2 is 1.86 bits per heavy atom. The molecular formula is C23H25ClF2N6O3. The van der Waals surface area contributed by atoms with Gasteiger partial charge in [-0.05, 0) is 51.1 Å². The fourth-order valence-corrected chi connectivity index (χ4v) is 3.77. The molecule has 35 heavy (non-hydrogen) atoms. The van der Waals surface area contributed by atoms with Gasteiger partial charge in [-0.15, -0.1) is 0 Å². The Balaban J connectivity index is 1.50. The highest BCUT2D eigenvalue weighted by Crippen LogP contribution is 2.31. The molecule has 3 heterocycles. The summed E-state index contributed by atoms with van der Waals surface area (Å²) in [5.41, 5.74) is 1.14. The van der Waals surface area contributed by atoms with Crippen molar-refractivity contribution >= 4 is 46.1 Å². The number of nitrogens with one attached hydrogen (secondary N) is 1. The van der Waals surface area contributed by atoms with Crippen molar-refractivity contribution in [3.05, 3.63) is 41.7 Å². The number of nitrogens with zero attached hydrogens (tertiary/aromatic N) is 5. The summed E-state index contributed by atoms with van der Waals surface area (Å²) in [6.45, 7) is 4.76. The van der Waals surface area contributed by atoms with Gasteiger partial charge < -0.3 is 24.6 Å². The third-order valence-corrected chi connectivity index (χ3v) is 5.43. The maximum absolute atomic E-state index is 12.5. The molecule has 0 atom stereocenters. The summed E-state index contributed by atoms with van der Waals surface area (Å²) in [6, 6.07) is 8.08. The predicted octanol–water partition coefficient (Wildman–Crippen LogP) is 5.08. The summed E-state index contributed by atoms with van der Waals surface area (Å²) in [5.74, 6) is 1.03. The quantitative estimate of drug-likeness (QED) is 0.512. The molecule has 1 N–H and O–H groups in total. The van der Waals surface area contributed by atoms with Gasteiger partial charge in [0.15, 0.2) is 5.82 Å². The molecule has 0 bridgehead atoms. The van der Waals surface area contributed by atoms with Crippen LogP contribution in [0.1, 0.15) is 20.8 Å². The fraction of sp³-hybridized carbons (Fsp3) is 0.391. The maximum atomic E-state index is 12.5. The Morgan fingerprint density at radius 1 is 1.11 bits per heavy atom. The molecule has 1 aliphatic rings. The number of pyridine rings is 1. The number of hydrogen-bond donors (Lipinski definition) is 1. The van der Waals surface area contributed by atoms with Crippen LogP contribution in [0.4, 0.5) is 30.9 Å². The Bertz CT molecular complexity index is 1220. The lowest BCUT2D eigenvalue weighted by atomic mass is 10.2. The zero-order valence-corrected chi connectivity index (χ0v) is 20.2.